The number of fused-ring (bicyclic) bond motifs is 2. The summed E-state index contributed by atoms with van der Waals surface area (Å²) in [6.45, 7) is 0.812. The van der Waals surface area contributed by atoms with Crippen LogP contribution >= 0.6 is 0 Å². The zero-order chi connectivity index (χ0) is 15.2. The molecule has 1 aromatic rings. The lowest BCUT2D eigenvalue weighted by Crippen LogP contribution is -2.47. The van der Waals surface area contributed by atoms with Gasteiger partial charge in [-0.2, -0.15) is 0 Å². The largest absolute Gasteiger partial charge is 0.505 e. The van der Waals surface area contributed by atoms with Crippen molar-refractivity contribution in [3.05, 3.63) is 29.6 Å². The first-order chi connectivity index (χ1) is 9.90. The average molecular weight is 293 g/mol. The van der Waals surface area contributed by atoms with Gasteiger partial charge < -0.3 is 15.1 Å². The normalized spacial score (nSPS) is 35.4. The summed E-state index contributed by atoms with van der Waals surface area (Å²) < 4.78 is 13.3. The molecule has 0 radical (unpaired) electrons. The zero-order valence-electron chi connectivity index (χ0n) is 12.7. The monoisotopic (exact) mass is 293 g/mol. The predicted octanol–water partition coefficient (Wildman–Crippen LogP) is 2.72. The van der Waals surface area contributed by atoms with Gasteiger partial charge in [0, 0.05) is 12.5 Å². The summed E-state index contributed by atoms with van der Waals surface area (Å²) in [5.41, 5.74) is -0.302. The highest BCUT2D eigenvalue weighted by atomic mass is 19.1. The first kappa shape index (κ1) is 14.8. The van der Waals surface area contributed by atoms with Crippen molar-refractivity contribution in [3.63, 3.8) is 0 Å². The maximum atomic E-state index is 13.3. The van der Waals surface area contributed by atoms with E-state index >= 15 is 0 Å². The molecule has 0 amide bonds. The third-order valence-corrected chi connectivity index (χ3v) is 5.37. The van der Waals surface area contributed by atoms with E-state index in [1.165, 1.54) is 31.4 Å². The molecular formula is C17H24FNO2. The highest BCUT2D eigenvalue weighted by Crippen LogP contribution is 2.54. The molecule has 3 rings (SSSR count). The molecule has 2 bridgehead atoms. The van der Waals surface area contributed by atoms with Gasteiger partial charge in [0.1, 0.15) is 0 Å². The summed E-state index contributed by atoms with van der Waals surface area (Å²) in [6.07, 6.45) is 4.24. The lowest BCUT2D eigenvalue weighted by Gasteiger charge is -2.45. The Labute approximate surface area is 125 Å². The summed E-state index contributed by atoms with van der Waals surface area (Å²) in [5.74, 6) is 0.192. The van der Waals surface area contributed by atoms with Crippen molar-refractivity contribution in [2.24, 2.45) is 17.8 Å². The number of phenols is 1. The SMILES string of the molecule is CN(C)C[C@H]1[C@@H]2CC[C@@H](C2)C[C@]1(O)c1ccc(F)c(O)c1. The molecule has 0 heterocycles. The summed E-state index contributed by atoms with van der Waals surface area (Å²) in [7, 11) is 4.03. The molecule has 2 fully saturated rings. The molecule has 0 spiro atoms. The number of nitrogens with zero attached hydrogens (tertiary/aromatic N) is 1. The van der Waals surface area contributed by atoms with Crippen LogP contribution in [0.3, 0.4) is 0 Å². The molecular weight excluding hydrogens is 269 g/mol. The quantitative estimate of drug-likeness (QED) is 0.900. The topological polar surface area (TPSA) is 43.7 Å². The minimum atomic E-state index is -0.959. The molecule has 0 saturated heterocycles. The van der Waals surface area contributed by atoms with Crippen molar-refractivity contribution in [1.29, 1.82) is 0 Å². The maximum absolute atomic E-state index is 13.3. The fourth-order valence-electron chi connectivity index (χ4n) is 4.45. The van der Waals surface area contributed by atoms with E-state index in [2.05, 4.69) is 4.90 Å². The van der Waals surface area contributed by atoms with Gasteiger partial charge in [0.25, 0.3) is 0 Å². The molecule has 3 nitrogen and oxygen atoms in total. The highest BCUT2D eigenvalue weighted by Gasteiger charge is 2.51. The standard InChI is InChI=1S/C17H24FNO2/c1-19(2)10-14-12-4-3-11(7-12)9-17(14,21)13-5-6-15(18)16(20)8-13/h5-6,8,11-12,14,20-21H,3-4,7,9-10H2,1-2H3/t11-,12+,14-,17-/m0/s1. The minimum absolute atomic E-state index is 0.135. The molecule has 2 saturated carbocycles. The van der Waals surface area contributed by atoms with E-state index in [1.54, 1.807) is 6.07 Å². The minimum Gasteiger partial charge on any atom is -0.505 e. The van der Waals surface area contributed by atoms with Crippen LogP contribution < -0.4 is 0 Å². The molecule has 4 atom stereocenters. The van der Waals surface area contributed by atoms with E-state index in [0.29, 0.717) is 23.8 Å². The van der Waals surface area contributed by atoms with E-state index in [1.807, 2.05) is 14.1 Å². The Hall–Kier alpha value is -1.13. The van der Waals surface area contributed by atoms with Crippen molar-refractivity contribution in [3.8, 4) is 5.75 Å². The fourth-order valence-corrected chi connectivity index (χ4v) is 4.45. The van der Waals surface area contributed by atoms with Crippen molar-refractivity contribution in [1.82, 2.24) is 4.90 Å². The fraction of sp³-hybridized carbons (Fsp3) is 0.647. The van der Waals surface area contributed by atoms with Crippen molar-refractivity contribution in [2.75, 3.05) is 20.6 Å². The molecule has 0 aliphatic heterocycles. The number of halogens is 1. The molecule has 2 aliphatic carbocycles. The van der Waals surface area contributed by atoms with Crippen LogP contribution in [0.1, 0.15) is 31.2 Å². The Bertz CT molecular complexity index is 534. The first-order valence-electron chi connectivity index (χ1n) is 7.76. The van der Waals surface area contributed by atoms with E-state index in [4.69, 9.17) is 0 Å². The van der Waals surface area contributed by atoms with Gasteiger partial charge in [-0.3, -0.25) is 0 Å². The summed E-state index contributed by atoms with van der Waals surface area (Å²) in [6, 6.07) is 4.29. The van der Waals surface area contributed by atoms with Crippen LogP contribution in [0.2, 0.25) is 0 Å². The second-order valence-corrected chi connectivity index (χ2v) is 7.10. The number of aromatic hydroxyl groups is 1. The number of hydrogen-bond donors (Lipinski definition) is 2. The second kappa shape index (κ2) is 5.25. The van der Waals surface area contributed by atoms with Gasteiger partial charge in [0.05, 0.1) is 5.60 Å². The highest BCUT2D eigenvalue weighted by molar-refractivity contribution is 5.34. The molecule has 21 heavy (non-hydrogen) atoms. The summed E-state index contributed by atoms with van der Waals surface area (Å²) in [4.78, 5) is 2.11. The van der Waals surface area contributed by atoms with Gasteiger partial charge in [-0.1, -0.05) is 12.5 Å². The number of rotatable bonds is 3. The Morgan fingerprint density at radius 2 is 2.10 bits per heavy atom. The lowest BCUT2D eigenvalue weighted by atomic mass is 9.66. The van der Waals surface area contributed by atoms with Gasteiger partial charge >= 0.3 is 0 Å². The maximum Gasteiger partial charge on any atom is 0.164 e. The average Bonchev–Trinajstić information content (AvgIpc) is 2.81. The lowest BCUT2D eigenvalue weighted by molar-refractivity contribution is -0.0892. The van der Waals surface area contributed by atoms with Crippen LogP contribution in [0.25, 0.3) is 0 Å². The number of benzene rings is 1. The molecule has 0 unspecified atom stereocenters. The first-order valence-corrected chi connectivity index (χ1v) is 7.76. The van der Waals surface area contributed by atoms with Gasteiger partial charge in [-0.25, -0.2) is 4.39 Å². The molecule has 2 N–H and O–H groups in total. The van der Waals surface area contributed by atoms with Gasteiger partial charge in [-0.15, -0.1) is 0 Å². The molecule has 4 heteroatoms. The van der Waals surface area contributed by atoms with Crippen LogP contribution in [0.15, 0.2) is 18.2 Å². The zero-order valence-corrected chi connectivity index (χ0v) is 12.7. The van der Waals surface area contributed by atoms with E-state index < -0.39 is 11.4 Å². The summed E-state index contributed by atoms with van der Waals surface area (Å²) >= 11 is 0. The van der Waals surface area contributed by atoms with Crippen molar-refractivity contribution >= 4 is 0 Å². The number of aliphatic hydroxyl groups is 1. The Balaban J connectivity index is 2.00. The smallest absolute Gasteiger partial charge is 0.164 e. The van der Waals surface area contributed by atoms with E-state index in [9.17, 15) is 14.6 Å². The molecule has 0 aromatic heterocycles. The Morgan fingerprint density at radius 3 is 2.76 bits per heavy atom. The van der Waals surface area contributed by atoms with Crippen LogP contribution in [0.4, 0.5) is 4.39 Å². The van der Waals surface area contributed by atoms with Crippen molar-refractivity contribution < 1.29 is 14.6 Å². The van der Waals surface area contributed by atoms with Crippen LogP contribution in [-0.2, 0) is 5.60 Å². The van der Waals surface area contributed by atoms with Gasteiger partial charge in [0.15, 0.2) is 11.6 Å². The van der Waals surface area contributed by atoms with Crippen LogP contribution in [-0.4, -0.2) is 35.8 Å². The predicted molar refractivity (Wildman–Crippen MR) is 79.5 cm³/mol. The number of hydrogen-bond acceptors (Lipinski definition) is 3. The van der Waals surface area contributed by atoms with Crippen LogP contribution in [0, 0.1) is 23.6 Å². The third kappa shape index (κ3) is 2.55. The molecule has 1 aromatic carbocycles. The van der Waals surface area contributed by atoms with E-state index in [-0.39, 0.29) is 11.7 Å². The summed E-state index contributed by atoms with van der Waals surface area (Å²) in [5, 5.41) is 21.1. The van der Waals surface area contributed by atoms with Gasteiger partial charge in [0.2, 0.25) is 0 Å². The Morgan fingerprint density at radius 1 is 1.33 bits per heavy atom. The molecule has 116 valence electrons. The van der Waals surface area contributed by atoms with E-state index in [0.717, 1.165) is 6.54 Å². The van der Waals surface area contributed by atoms with Crippen LogP contribution in [0.5, 0.6) is 5.75 Å². The number of phenolic OH excluding ortho intramolecular Hbond substituents is 1. The van der Waals surface area contributed by atoms with Crippen molar-refractivity contribution in [2.45, 2.75) is 31.3 Å². The van der Waals surface area contributed by atoms with Gasteiger partial charge in [-0.05, 0) is 62.9 Å². The second-order valence-electron chi connectivity index (χ2n) is 7.10. The molecule has 2 aliphatic rings. The Kier molecular flexibility index (Phi) is 3.70. The third-order valence-electron chi connectivity index (χ3n) is 5.37.